The van der Waals surface area contributed by atoms with E-state index in [4.69, 9.17) is 21.1 Å². The first-order valence-electron chi connectivity index (χ1n) is 9.16. The number of rotatable bonds is 8. The van der Waals surface area contributed by atoms with Crippen LogP contribution in [0.15, 0.2) is 66.7 Å². The van der Waals surface area contributed by atoms with Gasteiger partial charge >= 0.3 is 7.12 Å². The van der Waals surface area contributed by atoms with Gasteiger partial charge in [0.25, 0.3) is 0 Å². The van der Waals surface area contributed by atoms with E-state index >= 15 is 0 Å². The van der Waals surface area contributed by atoms with Crippen molar-refractivity contribution in [3.63, 3.8) is 0 Å². The van der Waals surface area contributed by atoms with Gasteiger partial charge in [-0.15, -0.1) is 0 Å². The Labute approximate surface area is 176 Å². The molecule has 0 saturated heterocycles. The Kier molecular flexibility index (Phi) is 7.04. The lowest BCUT2D eigenvalue weighted by molar-refractivity contribution is 0.414. The van der Waals surface area contributed by atoms with Crippen molar-refractivity contribution in [1.82, 2.24) is 0 Å². The highest BCUT2D eigenvalue weighted by molar-refractivity contribution is 6.58. The summed E-state index contributed by atoms with van der Waals surface area (Å²) < 4.78 is 10.5. The SMILES string of the molecule is COc1ccc(CN(Cc2ccc(OC)cc2)c2cc(B(O)O)ccc2Cl)cc1. The summed E-state index contributed by atoms with van der Waals surface area (Å²) in [5, 5.41) is 19.7. The molecule has 0 aliphatic carbocycles. The van der Waals surface area contributed by atoms with Crippen LogP contribution >= 0.6 is 11.6 Å². The average molecular weight is 412 g/mol. The second-order valence-electron chi connectivity index (χ2n) is 6.64. The molecule has 3 aromatic rings. The van der Waals surface area contributed by atoms with Gasteiger partial charge in [0.2, 0.25) is 0 Å². The van der Waals surface area contributed by atoms with Crippen molar-refractivity contribution in [3.05, 3.63) is 82.9 Å². The number of benzene rings is 3. The van der Waals surface area contributed by atoms with E-state index in [1.807, 2.05) is 48.5 Å². The van der Waals surface area contributed by atoms with Crippen molar-refractivity contribution in [3.8, 4) is 11.5 Å². The summed E-state index contributed by atoms with van der Waals surface area (Å²) in [7, 11) is 1.71. The molecule has 0 amide bonds. The minimum atomic E-state index is -1.56. The smallest absolute Gasteiger partial charge is 0.488 e. The van der Waals surface area contributed by atoms with E-state index in [9.17, 15) is 10.0 Å². The summed E-state index contributed by atoms with van der Waals surface area (Å²) >= 11 is 6.48. The molecule has 3 rings (SSSR count). The van der Waals surface area contributed by atoms with Crippen molar-refractivity contribution >= 4 is 29.9 Å². The van der Waals surface area contributed by atoms with Crippen molar-refractivity contribution in [1.29, 1.82) is 0 Å². The first-order chi connectivity index (χ1) is 14.0. The zero-order valence-electron chi connectivity index (χ0n) is 16.4. The normalized spacial score (nSPS) is 10.5. The minimum absolute atomic E-state index is 0.388. The Morgan fingerprint density at radius 2 is 1.28 bits per heavy atom. The molecule has 0 radical (unpaired) electrons. The minimum Gasteiger partial charge on any atom is -0.497 e. The molecular weight excluding hydrogens is 389 g/mol. The third-order valence-corrected chi connectivity index (χ3v) is 4.99. The van der Waals surface area contributed by atoms with Gasteiger partial charge in [-0.05, 0) is 53.0 Å². The topological polar surface area (TPSA) is 62.2 Å². The molecule has 7 heteroatoms. The predicted molar refractivity (Wildman–Crippen MR) is 117 cm³/mol. The zero-order valence-corrected chi connectivity index (χ0v) is 17.1. The monoisotopic (exact) mass is 411 g/mol. The van der Waals surface area contributed by atoms with Crippen LogP contribution in [0.25, 0.3) is 0 Å². The quantitative estimate of drug-likeness (QED) is 0.557. The number of hydrogen-bond acceptors (Lipinski definition) is 5. The fourth-order valence-electron chi connectivity index (χ4n) is 3.06. The molecule has 150 valence electrons. The van der Waals surface area contributed by atoms with Crippen LogP contribution in [0.1, 0.15) is 11.1 Å². The van der Waals surface area contributed by atoms with Gasteiger partial charge in [-0.3, -0.25) is 0 Å². The van der Waals surface area contributed by atoms with Gasteiger partial charge in [0.15, 0.2) is 0 Å². The van der Waals surface area contributed by atoms with E-state index < -0.39 is 7.12 Å². The van der Waals surface area contributed by atoms with Crippen LogP contribution in [0.3, 0.4) is 0 Å². The molecule has 0 fully saturated rings. The van der Waals surface area contributed by atoms with E-state index in [-0.39, 0.29) is 0 Å². The Bertz CT molecular complexity index is 883. The standard InChI is InChI=1S/C22H23BClNO4/c1-28-19-8-3-16(4-9-19)14-25(15-17-5-10-20(29-2)11-6-17)22-13-18(23(26)27)7-12-21(22)24/h3-13,26-27H,14-15H2,1-2H3. The molecule has 0 aromatic heterocycles. The number of methoxy groups -OCH3 is 2. The Morgan fingerprint density at radius 3 is 1.69 bits per heavy atom. The highest BCUT2D eigenvalue weighted by Crippen LogP contribution is 2.28. The Hall–Kier alpha value is -2.67. The maximum atomic E-state index is 9.58. The lowest BCUT2D eigenvalue weighted by Gasteiger charge is -2.27. The molecule has 0 unspecified atom stereocenters. The predicted octanol–water partition coefficient (Wildman–Crippen LogP) is 3.24. The maximum absolute atomic E-state index is 9.58. The van der Waals surface area contributed by atoms with Crippen molar-refractivity contribution in [2.45, 2.75) is 13.1 Å². The van der Waals surface area contributed by atoms with Crippen LogP contribution in [0.4, 0.5) is 5.69 Å². The van der Waals surface area contributed by atoms with E-state index in [0.717, 1.165) is 28.3 Å². The molecule has 29 heavy (non-hydrogen) atoms. The van der Waals surface area contributed by atoms with Gasteiger partial charge in [0, 0.05) is 13.1 Å². The molecule has 0 bridgehead atoms. The lowest BCUT2D eigenvalue weighted by atomic mass is 9.80. The summed E-state index contributed by atoms with van der Waals surface area (Å²) in [6, 6.07) is 20.6. The van der Waals surface area contributed by atoms with Gasteiger partial charge in [-0.25, -0.2) is 0 Å². The summed E-state index contributed by atoms with van der Waals surface area (Å²) in [5.41, 5.74) is 3.26. The molecule has 0 spiro atoms. The number of hydrogen-bond donors (Lipinski definition) is 2. The third kappa shape index (κ3) is 5.44. The molecule has 5 nitrogen and oxygen atoms in total. The fourth-order valence-corrected chi connectivity index (χ4v) is 3.30. The largest absolute Gasteiger partial charge is 0.497 e. The highest BCUT2D eigenvalue weighted by atomic mass is 35.5. The number of halogens is 1. The van der Waals surface area contributed by atoms with Crippen LogP contribution in [-0.4, -0.2) is 31.4 Å². The molecule has 3 aromatic carbocycles. The van der Waals surface area contributed by atoms with Gasteiger partial charge in [-0.1, -0.05) is 41.9 Å². The van der Waals surface area contributed by atoms with Crippen LogP contribution in [-0.2, 0) is 13.1 Å². The van der Waals surface area contributed by atoms with Crippen LogP contribution in [0.5, 0.6) is 11.5 Å². The summed E-state index contributed by atoms with van der Waals surface area (Å²) in [6.07, 6.45) is 0. The molecule has 0 aliphatic rings. The van der Waals surface area contributed by atoms with Crippen LogP contribution < -0.4 is 19.8 Å². The van der Waals surface area contributed by atoms with E-state index in [1.54, 1.807) is 32.4 Å². The van der Waals surface area contributed by atoms with Crippen molar-refractivity contribution < 1.29 is 19.5 Å². The maximum Gasteiger partial charge on any atom is 0.488 e. The molecule has 0 atom stereocenters. The summed E-state index contributed by atoms with van der Waals surface area (Å²) in [5.74, 6) is 1.58. The van der Waals surface area contributed by atoms with Crippen LogP contribution in [0, 0.1) is 0 Å². The van der Waals surface area contributed by atoms with E-state index in [1.165, 1.54) is 0 Å². The van der Waals surface area contributed by atoms with Crippen molar-refractivity contribution in [2.75, 3.05) is 19.1 Å². The average Bonchev–Trinajstić information content (AvgIpc) is 2.74. The van der Waals surface area contributed by atoms with Gasteiger partial charge < -0.3 is 24.4 Å². The van der Waals surface area contributed by atoms with E-state index in [0.29, 0.717) is 23.6 Å². The lowest BCUT2D eigenvalue weighted by Crippen LogP contribution is -2.31. The van der Waals surface area contributed by atoms with Crippen LogP contribution in [0.2, 0.25) is 5.02 Å². The highest BCUT2D eigenvalue weighted by Gasteiger charge is 2.17. The number of nitrogens with zero attached hydrogens (tertiary/aromatic N) is 1. The second-order valence-corrected chi connectivity index (χ2v) is 7.04. The van der Waals surface area contributed by atoms with Gasteiger partial charge in [0.05, 0.1) is 24.9 Å². The van der Waals surface area contributed by atoms with E-state index in [2.05, 4.69) is 4.90 Å². The first-order valence-corrected chi connectivity index (χ1v) is 9.54. The molecular formula is C22H23BClNO4. The molecule has 0 heterocycles. The zero-order chi connectivity index (χ0) is 20.8. The Balaban J connectivity index is 1.94. The summed E-state index contributed by atoms with van der Waals surface area (Å²) in [4.78, 5) is 2.10. The second kappa shape index (κ2) is 9.70. The number of ether oxygens (including phenoxy) is 2. The van der Waals surface area contributed by atoms with Gasteiger partial charge in [-0.2, -0.15) is 0 Å². The molecule has 2 N–H and O–H groups in total. The van der Waals surface area contributed by atoms with Gasteiger partial charge in [0.1, 0.15) is 11.5 Å². The Morgan fingerprint density at radius 1 is 0.793 bits per heavy atom. The first kappa shape index (κ1) is 21.1. The number of anilines is 1. The molecule has 0 saturated carbocycles. The van der Waals surface area contributed by atoms with Crippen molar-refractivity contribution in [2.24, 2.45) is 0 Å². The molecule has 0 aliphatic heterocycles. The third-order valence-electron chi connectivity index (χ3n) is 4.67. The fraction of sp³-hybridized carbons (Fsp3) is 0.182. The summed E-state index contributed by atoms with van der Waals surface area (Å²) in [6.45, 7) is 1.17.